The van der Waals surface area contributed by atoms with Crippen molar-refractivity contribution >= 4 is 11.8 Å². The third-order valence-corrected chi connectivity index (χ3v) is 6.90. The Hall–Kier alpha value is -4.65. The van der Waals surface area contributed by atoms with Crippen LogP contribution in [0.2, 0.25) is 0 Å². The number of methoxy groups -OCH3 is 2. The number of nitrogens with zero attached hydrogens (tertiary/aromatic N) is 1. The topological polar surface area (TPSA) is 67.9 Å². The minimum absolute atomic E-state index is 0.145. The molecular formula is C34H35FN2O4. The first-order valence-corrected chi connectivity index (χ1v) is 13.6. The zero-order valence-corrected chi connectivity index (χ0v) is 23.4. The lowest BCUT2D eigenvalue weighted by atomic mass is 10.0. The van der Waals surface area contributed by atoms with Crippen LogP contribution in [0.3, 0.4) is 0 Å². The van der Waals surface area contributed by atoms with Crippen molar-refractivity contribution < 1.29 is 23.5 Å². The molecule has 1 unspecified atom stereocenters. The first kappa shape index (κ1) is 29.3. The molecule has 0 radical (unpaired) electrons. The highest BCUT2D eigenvalue weighted by Gasteiger charge is 2.30. The predicted octanol–water partition coefficient (Wildman–Crippen LogP) is 5.38. The molecule has 2 amide bonds. The number of hydrogen-bond donors (Lipinski definition) is 1. The highest BCUT2D eigenvalue weighted by molar-refractivity contribution is 5.88. The van der Waals surface area contributed by atoms with Crippen LogP contribution in [0, 0.1) is 5.82 Å². The van der Waals surface area contributed by atoms with Crippen LogP contribution in [0.5, 0.6) is 11.5 Å². The number of nitrogens with one attached hydrogen (secondary N) is 1. The van der Waals surface area contributed by atoms with Gasteiger partial charge in [0.1, 0.15) is 11.9 Å². The molecule has 0 aliphatic heterocycles. The lowest BCUT2D eigenvalue weighted by Crippen LogP contribution is -2.51. The second-order valence-electron chi connectivity index (χ2n) is 9.75. The molecule has 0 spiro atoms. The normalized spacial score (nSPS) is 11.4. The molecule has 212 valence electrons. The van der Waals surface area contributed by atoms with E-state index in [9.17, 15) is 14.0 Å². The fourth-order valence-corrected chi connectivity index (χ4v) is 4.70. The molecular weight excluding hydrogens is 519 g/mol. The van der Waals surface area contributed by atoms with Crippen molar-refractivity contribution in [1.82, 2.24) is 10.2 Å². The van der Waals surface area contributed by atoms with Crippen LogP contribution < -0.4 is 14.8 Å². The van der Waals surface area contributed by atoms with Gasteiger partial charge in [-0.05, 0) is 52.9 Å². The first-order chi connectivity index (χ1) is 20.0. The quantitative estimate of drug-likeness (QED) is 0.241. The van der Waals surface area contributed by atoms with Gasteiger partial charge in [0, 0.05) is 19.5 Å². The zero-order chi connectivity index (χ0) is 29.0. The minimum atomic E-state index is -0.774. The Labute approximate surface area is 240 Å². The molecule has 0 saturated heterocycles. The van der Waals surface area contributed by atoms with Gasteiger partial charge in [0.25, 0.3) is 0 Å². The predicted molar refractivity (Wildman–Crippen MR) is 157 cm³/mol. The minimum Gasteiger partial charge on any atom is -0.493 e. The second kappa shape index (κ2) is 14.7. The van der Waals surface area contributed by atoms with Gasteiger partial charge in [-0.3, -0.25) is 9.59 Å². The summed E-state index contributed by atoms with van der Waals surface area (Å²) in [5.74, 6) is 0.464. The highest BCUT2D eigenvalue weighted by Crippen LogP contribution is 2.27. The van der Waals surface area contributed by atoms with Crippen LogP contribution in [0.1, 0.15) is 22.3 Å². The Morgan fingerprint density at radius 3 is 2.00 bits per heavy atom. The number of ether oxygens (including phenoxy) is 2. The Morgan fingerprint density at radius 2 is 1.37 bits per heavy atom. The van der Waals surface area contributed by atoms with E-state index in [1.54, 1.807) is 31.3 Å². The van der Waals surface area contributed by atoms with E-state index < -0.39 is 6.04 Å². The summed E-state index contributed by atoms with van der Waals surface area (Å²) >= 11 is 0. The highest BCUT2D eigenvalue weighted by atomic mass is 19.1. The van der Waals surface area contributed by atoms with Crippen molar-refractivity contribution in [3.05, 3.63) is 131 Å². The van der Waals surface area contributed by atoms with Crippen molar-refractivity contribution in [3.63, 3.8) is 0 Å². The summed E-state index contributed by atoms with van der Waals surface area (Å²) in [6.45, 7) is 0.545. The molecule has 4 rings (SSSR count). The van der Waals surface area contributed by atoms with E-state index in [4.69, 9.17) is 9.47 Å². The van der Waals surface area contributed by atoms with Gasteiger partial charge in [-0.15, -0.1) is 0 Å². The number of hydrogen-bond acceptors (Lipinski definition) is 4. The lowest BCUT2D eigenvalue weighted by Gasteiger charge is -2.32. The Bertz CT molecular complexity index is 1410. The van der Waals surface area contributed by atoms with Crippen molar-refractivity contribution in [1.29, 1.82) is 0 Å². The summed E-state index contributed by atoms with van der Waals surface area (Å²) in [6, 6.07) is 30.0. The summed E-state index contributed by atoms with van der Waals surface area (Å²) in [6.07, 6.45) is 1.05. The Balaban J connectivity index is 1.57. The largest absolute Gasteiger partial charge is 0.493 e. The van der Waals surface area contributed by atoms with Gasteiger partial charge in [-0.25, -0.2) is 4.39 Å². The maximum atomic E-state index is 13.8. The van der Waals surface area contributed by atoms with E-state index in [1.165, 1.54) is 12.1 Å². The van der Waals surface area contributed by atoms with Crippen LogP contribution in [-0.4, -0.2) is 43.5 Å². The smallest absolute Gasteiger partial charge is 0.243 e. The Morgan fingerprint density at radius 1 is 0.756 bits per heavy atom. The summed E-state index contributed by atoms with van der Waals surface area (Å²) in [4.78, 5) is 29.2. The summed E-state index contributed by atoms with van der Waals surface area (Å²) in [5, 5.41) is 3.05. The van der Waals surface area contributed by atoms with Crippen molar-refractivity contribution in [3.8, 4) is 11.5 Å². The molecule has 0 bridgehead atoms. The SMILES string of the molecule is COc1ccc(CCNC(=O)C(Cc2ccccc2)N(Cc2ccc(F)cc2)C(=O)Cc2ccccc2)cc1OC. The summed E-state index contributed by atoms with van der Waals surface area (Å²) in [7, 11) is 3.17. The van der Waals surface area contributed by atoms with Crippen LogP contribution >= 0.6 is 0 Å². The summed E-state index contributed by atoms with van der Waals surface area (Å²) < 4.78 is 24.4. The van der Waals surface area contributed by atoms with Crippen LogP contribution in [-0.2, 0) is 35.4 Å². The number of amides is 2. The molecule has 4 aromatic carbocycles. The van der Waals surface area contributed by atoms with Crippen LogP contribution in [0.4, 0.5) is 4.39 Å². The molecule has 1 atom stereocenters. The molecule has 4 aromatic rings. The van der Waals surface area contributed by atoms with E-state index in [1.807, 2.05) is 78.9 Å². The van der Waals surface area contributed by atoms with Gasteiger partial charge in [-0.2, -0.15) is 0 Å². The maximum absolute atomic E-state index is 13.8. The van der Waals surface area contributed by atoms with Gasteiger partial charge >= 0.3 is 0 Å². The first-order valence-electron chi connectivity index (χ1n) is 13.6. The standard InChI is InChI=1S/C34H35FN2O4/c1-40-31-18-15-27(22-32(31)41-2)19-20-36-34(39)30(21-25-9-5-3-6-10-25)37(24-28-13-16-29(35)17-14-28)33(38)23-26-11-7-4-8-12-26/h3-18,22,30H,19-21,23-24H2,1-2H3,(H,36,39). The Kier molecular flexibility index (Phi) is 10.5. The third kappa shape index (κ3) is 8.42. The zero-order valence-electron chi connectivity index (χ0n) is 23.4. The second-order valence-corrected chi connectivity index (χ2v) is 9.75. The average Bonchev–Trinajstić information content (AvgIpc) is 3.00. The fraction of sp³-hybridized carbons (Fsp3) is 0.235. The van der Waals surface area contributed by atoms with Gasteiger partial charge < -0.3 is 19.7 Å². The number of halogens is 1. The maximum Gasteiger partial charge on any atom is 0.243 e. The van der Waals surface area contributed by atoms with Crippen LogP contribution in [0.25, 0.3) is 0 Å². The van der Waals surface area contributed by atoms with E-state index in [0.29, 0.717) is 30.9 Å². The van der Waals surface area contributed by atoms with Gasteiger partial charge in [0.2, 0.25) is 11.8 Å². The molecule has 0 aliphatic rings. The molecule has 0 aromatic heterocycles. The fourth-order valence-electron chi connectivity index (χ4n) is 4.70. The molecule has 1 N–H and O–H groups in total. The van der Waals surface area contributed by atoms with E-state index >= 15 is 0 Å². The van der Waals surface area contributed by atoms with Gasteiger partial charge in [-0.1, -0.05) is 78.9 Å². The number of carbonyl (C=O) groups is 2. The van der Waals surface area contributed by atoms with Gasteiger partial charge in [0.15, 0.2) is 11.5 Å². The number of rotatable bonds is 13. The van der Waals surface area contributed by atoms with Crippen molar-refractivity contribution in [2.45, 2.75) is 31.8 Å². The van der Waals surface area contributed by atoms with Crippen molar-refractivity contribution in [2.24, 2.45) is 0 Å². The average molecular weight is 555 g/mol. The molecule has 41 heavy (non-hydrogen) atoms. The molecule has 0 saturated carbocycles. The summed E-state index contributed by atoms with van der Waals surface area (Å²) in [5.41, 5.74) is 3.51. The molecule has 0 fully saturated rings. The van der Waals surface area contributed by atoms with E-state index in [2.05, 4.69) is 5.32 Å². The molecule has 0 aliphatic carbocycles. The third-order valence-electron chi connectivity index (χ3n) is 6.90. The monoisotopic (exact) mass is 554 g/mol. The number of carbonyl (C=O) groups excluding carboxylic acids is 2. The lowest BCUT2D eigenvalue weighted by molar-refractivity contribution is -0.140. The molecule has 0 heterocycles. The van der Waals surface area contributed by atoms with E-state index in [-0.39, 0.29) is 30.6 Å². The molecule has 7 heteroatoms. The number of benzene rings is 4. The molecule has 6 nitrogen and oxygen atoms in total. The van der Waals surface area contributed by atoms with Crippen LogP contribution in [0.15, 0.2) is 103 Å². The van der Waals surface area contributed by atoms with E-state index in [0.717, 1.165) is 22.3 Å². The van der Waals surface area contributed by atoms with Gasteiger partial charge in [0.05, 0.1) is 20.6 Å². The van der Waals surface area contributed by atoms with Crippen molar-refractivity contribution in [2.75, 3.05) is 20.8 Å².